The summed E-state index contributed by atoms with van der Waals surface area (Å²) < 4.78 is 5.92. The second kappa shape index (κ2) is 7.17. The quantitative estimate of drug-likeness (QED) is 0.816. The topological polar surface area (TPSA) is 36.9 Å². The predicted octanol–water partition coefficient (Wildman–Crippen LogP) is -0.331. The first kappa shape index (κ1) is 15.5. The molecule has 0 radical (unpaired) electrons. The minimum absolute atomic E-state index is 0. The molecule has 0 amide bonds. The molecule has 0 saturated heterocycles. The van der Waals surface area contributed by atoms with E-state index < -0.39 is 0 Å². The number of benzene rings is 2. The van der Waals surface area contributed by atoms with E-state index in [2.05, 4.69) is 49.9 Å². The summed E-state index contributed by atoms with van der Waals surface area (Å²) in [6.45, 7) is 4.75. The lowest BCUT2D eigenvalue weighted by Crippen LogP contribution is -3.00. The van der Waals surface area contributed by atoms with Gasteiger partial charge in [-0.25, -0.2) is 0 Å². The molecule has 2 nitrogen and oxygen atoms in total. The zero-order valence-electron chi connectivity index (χ0n) is 11.4. The van der Waals surface area contributed by atoms with Gasteiger partial charge in [-0.2, -0.15) is 0 Å². The lowest BCUT2D eigenvalue weighted by Gasteiger charge is -2.14. The molecule has 2 aromatic rings. The van der Waals surface area contributed by atoms with E-state index >= 15 is 0 Å². The monoisotopic (exact) mass is 277 g/mol. The Kier molecular flexibility index (Phi) is 5.87. The molecule has 0 aliphatic carbocycles. The summed E-state index contributed by atoms with van der Waals surface area (Å²) >= 11 is 0. The zero-order chi connectivity index (χ0) is 13.0. The number of rotatable bonds is 4. The number of halogens is 1. The molecule has 102 valence electrons. The maximum absolute atomic E-state index is 5.92. The third-order valence-corrected chi connectivity index (χ3v) is 3.11. The number of quaternary nitrogens is 1. The highest BCUT2D eigenvalue weighted by atomic mass is 35.5. The second-order valence-corrected chi connectivity index (χ2v) is 4.64. The molecule has 0 saturated carbocycles. The smallest absolute Gasteiger partial charge is 0.144 e. The molecule has 3 heteroatoms. The lowest BCUT2D eigenvalue weighted by molar-refractivity contribution is -0.430. The lowest BCUT2D eigenvalue weighted by atomic mass is 10.1. The molecule has 19 heavy (non-hydrogen) atoms. The van der Waals surface area contributed by atoms with Crippen LogP contribution in [0.4, 0.5) is 0 Å². The van der Waals surface area contributed by atoms with Crippen molar-refractivity contribution in [3.8, 4) is 5.75 Å². The van der Waals surface area contributed by atoms with Crippen LogP contribution in [0, 0.1) is 13.8 Å². The van der Waals surface area contributed by atoms with Crippen LogP contribution < -0.4 is 22.9 Å². The van der Waals surface area contributed by atoms with Crippen molar-refractivity contribution in [2.45, 2.75) is 19.9 Å². The second-order valence-electron chi connectivity index (χ2n) is 4.64. The third kappa shape index (κ3) is 3.98. The van der Waals surface area contributed by atoms with E-state index in [4.69, 9.17) is 4.74 Å². The molecule has 0 bridgehead atoms. The summed E-state index contributed by atoms with van der Waals surface area (Å²) in [6, 6.07) is 16.6. The molecule has 0 aliphatic rings. The molecule has 0 unspecified atom stereocenters. The summed E-state index contributed by atoms with van der Waals surface area (Å²) in [5.74, 6) is 0.988. The SMILES string of the molecule is Cc1cccc(C)c1OC[C@H]([NH3+])c1ccccc1.[Cl-]. The Morgan fingerprint density at radius 2 is 1.53 bits per heavy atom. The average molecular weight is 278 g/mol. The van der Waals surface area contributed by atoms with E-state index in [0.29, 0.717) is 6.61 Å². The van der Waals surface area contributed by atoms with Crippen molar-refractivity contribution in [1.29, 1.82) is 0 Å². The van der Waals surface area contributed by atoms with Crippen LogP contribution in [-0.4, -0.2) is 6.61 Å². The first-order valence-corrected chi connectivity index (χ1v) is 6.25. The van der Waals surface area contributed by atoms with Gasteiger partial charge in [0.15, 0.2) is 0 Å². The minimum atomic E-state index is 0. The molecule has 0 aromatic heterocycles. The Labute approximate surface area is 121 Å². The standard InChI is InChI=1S/C16H19NO.ClH/c1-12-7-6-8-13(2)16(12)18-11-15(17)14-9-4-3-5-10-14;/h3-10,15H,11,17H2,1-2H3;1H/t15-;/m0./s1. The van der Waals surface area contributed by atoms with Crippen molar-refractivity contribution in [3.05, 3.63) is 65.2 Å². The maximum Gasteiger partial charge on any atom is 0.144 e. The van der Waals surface area contributed by atoms with Gasteiger partial charge in [0.25, 0.3) is 0 Å². The highest BCUT2D eigenvalue weighted by Crippen LogP contribution is 2.23. The molecule has 0 heterocycles. The Bertz CT molecular complexity index is 493. The van der Waals surface area contributed by atoms with Crippen LogP contribution in [-0.2, 0) is 0 Å². The van der Waals surface area contributed by atoms with E-state index in [1.807, 2.05) is 18.2 Å². The van der Waals surface area contributed by atoms with Crippen LogP contribution in [0.3, 0.4) is 0 Å². The van der Waals surface area contributed by atoms with Gasteiger partial charge in [0.2, 0.25) is 0 Å². The van der Waals surface area contributed by atoms with Crippen molar-refractivity contribution in [2.75, 3.05) is 6.61 Å². The van der Waals surface area contributed by atoms with Crippen LogP contribution in [0.5, 0.6) is 5.75 Å². The highest BCUT2D eigenvalue weighted by Gasteiger charge is 2.11. The molecule has 0 aliphatic heterocycles. The van der Waals surface area contributed by atoms with Crippen molar-refractivity contribution in [1.82, 2.24) is 0 Å². The Morgan fingerprint density at radius 1 is 0.947 bits per heavy atom. The van der Waals surface area contributed by atoms with Gasteiger partial charge in [-0.15, -0.1) is 0 Å². The maximum atomic E-state index is 5.92. The fourth-order valence-electron chi connectivity index (χ4n) is 2.03. The summed E-state index contributed by atoms with van der Waals surface area (Å²) in [7, 11) is 0. The fraction of sp³-hybridized carbons (Fsp3) is 0.250. The summed E-state index contributed by atoms with van der Waals surface area (Å²) in [5.41, 5.74) is 7.72. The normalized spacial score (nSPS) is 11.5. The molecule has 2 aromatic carbocycles. The molecule has 1 atom stereocenters. The summed E-state index contributed by atoms with van der Waals surface area (Å²) in [6.07, 6.45) is 0. The number of hydrogen-bond donors (Lipinski definition) is 1. The van der Waals surface area contributed by atoms with Gasteiger partial charge in [-0.3, -0.25) is 0 Å². The van der Waals surface area contributed by atoms with Crippen LogP contribution >= 0.6 is 0 Å². The average Bonchev–Trinajstić information content (AvgIpc) is 2.39. The van der Waals surface area contributed by atoms with E-state index in [1.165, 1.54) is 16.7 Å². The Balaban J connectivity index is 0.00000180. The van der Waals surface area contributed by atoms with Crippen LogP contribution in [0.25, 0.3) is 0 Å². The van der Waals surface area contributed by atoms with E-state index in [1.54, 1.807) is 0 Å². The number of para-hydroxylation sites is 1. The van der Waals surface area contributed by atoms with Crippen molar-refractivity contribution in [3.63, 3.8) is 0 Å². The van der Waals surface area contributed by atoms with Gasteiger partial charge in [-0.05, 0) is 25.0 Å². The third-order valence-electron chi connectivity index (χ3n) is 3.11. The molecule has 2 rings (SSSR count). The van der Waals surface area contributed by atoms with Gasteiger partial charge in [-0.1, -0.05) is 48.5 Å². The molecular weight excluding hydrogens is 258 g/mol. The summed E-state index contributed by atoms with van der Waals surface area (Å²) in [5, 5.41) is 0. The number of aryl methyl sites for hydroxylation is 2. The first-order valence-electron chi connectivity index (χ1n) is 6.25. The largest absolute Gasteiger partial charge is 1.00 e. The van der Waals surface area contributed by atoms with Crippen molar-refractivity contribution < 1.29 is 22.9 Å². The van der Waals surface area contributed by atoms with E-state index in [-0.39, 0.29) is 18.4 Å². The number of ether oxygens (including phenoxy) is 1. The first-order chi connectivity index (χ1) is 8.68. The molecule has 0 spiro atoms. The molecular formula is C16H20ClNO. The van der Waals surface area contributed by atoms with Gasteiger partial charge < -0.3 is 22.9 Å². The van der Waals surface area contributed by atoms with E-state index in [9.17, 15) is 0 Å². The van der Waals surface area contributed by atoms with Gasteiger partial charge in [0.05, 0.1) is 0 Å². The van der Waals surface area contributed by atoms with Crippen LogP contribution in [0.15, 0.2) is 48.5 Å². The predicted molar refractivity (Wildman–Crippen MR) is 73.5 cm³/mol. The van der Waals surface area contributed by atoms with E-state index in [0.717, 1.165) is 5.75 Å². The zero-order valence-corrected chi connectivity index (χ0v) is 12.2. The summed E-state index contributed by atoms with van der Waals surface area (Å²) in [4.78, 5) is 0. The van der Waals surface area contributed by atoms with Gasteiger partial charge >= 0.3 is 0 Å². The molecule has 3 N–H and O–H groups in total. The number of hydrogen-bond acceptors (Lipinski definition) is 1. The van der Waals surface area contributed by atoms with Crippen molar-refractivity contribution in [2.24, 2.45) is 0 Å². The minimum Gasteiger partial charge on any atom is -1.00 e. The Hall–Kier alpha value is -1.51. The Morgan fingerprint density at radius 3 is 2.11 bits per heavy atom. The van der Waals surface area contributed by atoms with Crippen LogP contribution in [0.2, 0.25) is 0 Å². The molecule has 0 fully saturated rings. The van der Waals surface area contributed by atoms with Gasteiger partial charge in [0, 0.05) is 5.56 Å². The highest BCUT2D eigenvalue weighted by molar-refractivity contribution is 5.39. The van der Waals surface area contributed by atoms with Gasteiger partial charge in [0.1, 0.15) is 18.4 Å². The fourth-order valence-corrected chi connectivity index (χ4v) is 2.03. The van der Waals surface area contributed by atoms with Crippen molar-refractivity contribution >= 4 is 0 Å². The van der Waals surface area contributed by atoms with Crippen LogP contribution in [0.1, 0.15) is 22.7 Å².